The van der Waals surface area contributed by atoms with Crippen molar-refractivity contribution in [2.75, 3.05) is 5.32 Å². The van der Waals surface area contributed by atoms with Crippen LogP contribution in [0.1, 0.15) is 75.3 Å². The van der Waals surface area contributed by atoms with Crippen LogP contribution in [0.25, 0.3) is 89.9 Å². The molecule has 6 heteroatoms. The van der Waals surface area contributed by atoms with Gasteiger partial charge in [-0.2, -0.15) is 0 Å². The second kappa shape index (κ2) is 16.1. The molecule has 5 heterocycles. The SMILES string of the molecule is CC(C)(C)c1ccc(Nc2cc3c(cc2-c2ccc4c5cc6sc7ccccc7c6cc5n5c4c2Bc2oc4ccc(C(C)(C)C)cc4c2-5)sc2cc(CC(c4ccccc4)c4ccccc4)ccc23)cc1. The Morgan fingerprint density at radius 3 is 1.90 bits per heavy atom. The van der Waals surface area contributed by atoms with E-state index in [0.29, 0.717) is 7.28 Å². The molecule has 0 aliphatic carbocycles. The van der Waals surface area contributed by atoms with Crippen molar-refractivity contribution in [1.82, 2.24) is 4.57 Å². The van der Waals surface area contributed by atoms with Crippen LogP contribution in [0.15, 0.2) is 186 Å². The number of aromatic nitrogens is 1. The number of furan rings is 1. The third kappa shape index (κ3) is 6.98. The summed E-state index contributed by atoms with van der Waals surface area (Å²) in [7, 11) is 0.687. The Hall–Kier alpha value is -7.38. The minimum Gasteiger partial charge on any atom is -0.469 e. The fraction of sp³-hybridized carbons (Fsp3) is 0.152. The first-order chi connectivity index (χ1) is 34.9. The smallest absolute Gasteiger partial charge is 0.244 e. The fourth-order valence-electron chi connectivity index (χ4n) is 11.7. The zero-order valence-corrected chi connectivity index (χ0v) is 43.1. The molecule has 0 fully saturated rings. The van der Waals surface area contributed by atoms with Gasteiger partial charge in [0.1, 0.15) is 5.58 Å². The Morgan fingerprint density at radius 1 is 0.514 bits per heavy atom. The van der Waals surface area contributed by atoms with E-state index in [0.717, 1.165) is 29.0 Å². The maximum Gasteiger partial charge on any atom is 0.244 e. The molecule has 13 aromatic rings. The standard InChI is InChI=1S/C66H53BN2OS2/c1-65(2,3)41-22-25-43(26-23-41)68-54-34-51-45-27-21-38(31-48(39-15-9-7-10-16-39)40-17-11-8-12-18-40)32-58(45)72-59(51)36-49(54)46-28-29-47-50-37-60-52(44-19-13-14-20-57(44)71-60)35-55(50)69-62(47)61(46)67-64-63(69)53-33-42(66(4,5)6)24-30-56(53)70-64/h7-30,32-37,48,67-68H,31H2,1-6H3. The minimum atomic E-state index is -0.00998. The van der Waals surface area contributed by atoms with Gasteiger partial charge in [0, 0.05) is 84.9 Å². The third-order valence-corrected chi connectivity index (χ3v) is 17.8. The molecule has 4 aromatic heterocycles. The van der Waals surface area contributed by atoms with E-state index in [1.807, 2.05) is 22.7 Å². The van der Waals surface area contributed by atoms with Gasteiger partial charge in [-0.15, -0.1) is 22.7 Å². The molecular weight excluding hydrogens is 912 g/mol. The molecule has 0 atom stereocenters. The Labute approximate surface area is 428 Å². The molecule has 0 spiro atoms. The average Bonchev–Trinajstić information content (AvgIpc) is 4.13. The molecule has 0 radical (unpaired) electrons. The van der Waals surface area contributed by atoms with Crippen molar-refractivity contribution in [3.63, 3.8) is 0 Å². The van der Waals surface area contributed by atoms with E-state index >= 15 is 0 Å². The Bertz CT molecular complexity index is 4270. The maximum atomic E-state index is 7.04. The number of benzene rings is 9. The summed E-state index contributed by atoms with van der Waals surface area (Å²) in [5, 5.41) is 12.9. The summed E-state index contributed by atoms with van der Waals surface area (Å²) in [5.41, 5.74) is 18.2. The monoisotopic (exact) mass is 964 g/mol. The highest BCUT2D eigenvalue weighted by Crippen LogP contribution is 2.46. The number of hydrogen-bond acceptors (Lipinski definition) is 4. The van der Waals surface area contributed by atoms with Gasteiger partial charge in [-0.1, -0.05) is 163 Å². The summed E-state index contributed by atoms with van der Waals surface area (Å²) in [6, 6.07) is 68.5. The molecule has 14 rings (SSSR count). The van der Waals surface area contributed by atoms with Crippen molar-refractivity contribution >= 4 is 126 Å². The fourth-order valence-corrected chi connectivity index (χ4v) is 14.1. The summed E-state index contributed by atoms with van der Waals surface area (Å²) in [6.07, 6.45) is 0.924. The Morgan fingerprint density at radius 2 is 1.15 bits per heavy atom. The van der Waals surface area contributed by atoms with Gasteiger partial charge in [-0.3, -0.25) is 0 Å². The lowest BCUT2D eigenvalue weighted by atomic mass is 9.62. The molecule has 348 valence electrons. The van der Waals surface area contributed by atoms with Crippen LogP contribution in [0.4, 0.5) is 11.4 Å². The number of nitrogens with one attached hydrogen (secondary N) is 1. The number of rotatable bonds is 7. The molecule has 3 nitrogen and oxygen atoms in total. The number of nitrogens with zero attached hydrogens (tertiary/aromatic N) is 1. The molecule has 9 aromatic carbocycles. The first-order valence-electron chi connectivity index (χ1n) is 25.4. The maximum absolute atomic E-state index is 7.04. The molecule has 1 N–H and O–H groups in total. The second-order valence-electron chi connectivity index (χ2n) is 22.2. The first kappa shape index (κ1) is 43.4. The van der Waals surface area contributed by atoms with E-state index in [1.54, 1.807) is 0 Å². The lowest BCUT2D eigenvalue weighted by Crippen LogP contribution is -2.36. The van der Waals surface area contributed by atoms with Gasteiger partial charge in [-0.05, 0) is 117 Å². The number of thiophene rings is 2. The number of fused-ring (bicyclic) bond motifs is 13. The number of anilines is 2. The largest absolute Gasteiger partial charge is 0.469 e. The normalized spacial score (nSPS) is 12.9. The van der Waals surface area contributed by atoms with Crippen LogP contribution in [-0.2, 0) is 17.3 Å². The predicted molar refractivity (Wildman–Crippen MR) is 314 cm³/mol. The summed E-state index contributed by atoms with van der Waals surface area (Å²) in [4.78, 5) is 0. The van der Waals surface area contributed by atoms with E-state index in [9.17, 15) is 0 Å². The summed E-state index contributed by atoms with van der Waals surface area (Å²) in [5.74, 6) is 0.261. The van der Waals surface area contributed by atoms with E-state index < -0.39 is 0 Å². The van der Waals surface area contributed by atoms with Crippen molar-refractivity contribution in [1.29, 1.82) is 0 Å². The summed E-state index contributed by atoms with van der Waals surface area (Å²) < 4.78 is 14.8. The van der Waals surface area contributed by atoms with Gasteiger partial charge in [-0.25, -0.2) is 0 Å². The van der Waals surface area contributed by atoms with Crippen molar-refractivity contribution in [2.45, 2.75) is 64.7 Å². The molecular formula is C66H53BN2OS2. The highest BCUT2D eigenvalue weighted by Gasteiger charge is 2.32. The van der Waals surface area contributed by atoms with Crippen LogP contribution in [0.2, 0.25) is 0 Å². The van der Waals surface area contributed by atoms with Crippen LogP contribution in [0.3, 0.4) is 0 Å². The van der Waals surface area contributed by atoms with Crippen LogP contribution in [0, 0.1) is 0 Å². The zero-order valence-electron chi connectivity index (χ0n) is 41.5. The Balaban J connectivity index is 0.990. The van der Waals surface area contributed by atoms with E-state index in [-0.39, 0.29) is 16.7 Å². The molecule has 0 bridgehead atoms. The van der Waals surface area contributed by atoms with E-state index in [4.69, 9.17) is 4.42 Å². The van der Waals surface area contributed by atoms with Crippen molar-refractivity contribution in [2.24, 2.45) is 0 Å². The van der Waals surface area contributed by atoms with Crippen molar-refractivity contribution < 1.29 is 4.42 Å². The molecule has 0 amide bonds. The molecule has 1 aliphatic heterocycles. The van der Waals surface area contributed by atoms with Crippen molar-refractivity contribution in [3.8, 4) is 16.8 Å². The van der Waals surface area contributed by atoms with Crippen LogP contribution in [0.5, 0.6) is 0 Å². The topological polar surface area (TPSA) is 30.1 Å². The van der Waals surface area contributed by atoms with Gasteiger partial charge in [0.05, 0.1) is 16.9 Å². The molecule has 72 heavy (non-hydrogen) atoms. The van der Waals surface area contributed by atoms with Crippen molar-refractivity contribution in [3.05, 3.63) is 210 Å². The summed E-state index contributed by atoms with van der Waals surface area (Å²) >= 11 is 3.80. The lowest BCUT2D eigenvalue weighted by Gasteiger charge is -2.22. The van der Waals surface area contributed by atoms with Gasteiger partial charge in [0.15, 0.2) is 0 Å². The van der Waals surface area contributed by atoms with Crippen LogP contribution in [-0.4, -0.2) is 11.8 Å². The second-order valence-corrected chi connectivity index (χ2v) is 24.3. The van der Waals surface area contributed by atoms with Gasteiger partial charge in [0.25, 0.3) is 0 Å². The average molecular weight is 965 g/mol. The molecule has 0 saturated carbocycles. The molecule has 1 aliphatic rings. The highest BCUT2D eigenvalue weighted by atomic mass is 32.1. The number of hydrogen-bond donors (Lipinski definition) is 1. The van der Waals surface area contributed by atoms with Crippen LogP contribution >= 0.6 is 22.7 Å². The summed E-state index contributed by atoms with van der Waals surface area (Å²) in [6.45, 7) is 13.7. The first-order valence-corrected chi connectivity index (χ1v) is 27.0. The zero-order chi connectivity index (χ0) is 48.6. The van der Waals surface area contributed by atoms with Gasteiger partial charge >= 0.3 is 0 Å². The quantitative estimate of drug-likeness (QED) is 0.161. The Kier molecular flexibility index (Phi) is 9.69. The van der Waals surface area contributed by atoms with E-state index in [2.05, 4.69) is 233 Å². The predicted octanol–water partition coefficient (Wildman–Crippen LogP) is 17.3. The molecule has 0 saturated heterocycles. The highest BCUT2D eigenvalue weighted by molar-refractivity contribution is 7.26. The third-order valence-electron chi connectivity index (χ3n) is 15.5. The van der Waals surface area contributed by atoms with Gasteiger partial charge < -0.3 is 14.3 Å². The van der Waals surface area contributed by atoms with Crippen LogP contribution < -0.4 is 16.4 Å². The molecule has 0 unspecified atom stereocenters. The lowest BCUT2D eigenvalue weighted by molar-refractivity contribution is 0.590. The minimum absolute atomic E-state index is 0.00998. The van der Waals surface area contributed by atoms with Gasteiger partial charge in [0.2, 0.25) is 7.28 Å². The van der Waals surface area contributed by atoms with E-state index in [1.165, 1.54) is 118 Å².